The molecule has 3 aliphatic carbocycles. The first-order valence-corrected chi connectivity index (χ1v) is 30.0. The van der Waals surface area contributed by atoms with E-state index in [1.54, 1.807) is 0 Å². The van der Waals surface area contributed by atoms with Crippen LogP contribution in [0.5, 0.6) is 0 Å². The lowest BCUT2D eigenvalue weighted by molar-refractivity contribution is 0.195. The zero-order valence-electron chi connectivity index (χ0n) is 50.1. The smallest absolute Gasteiger partial charge is 0.252 e. The summed E-state index contributed by atoms with van der Waals surface area (Å²) in [6.07, 6.45) is 5.91. The number of anilines is 8. The van der Waals surface area contributed by atoms with Crippen molar-refractivity contribution in [1.82, 2.24) is 0 Å². The lowest BCUT2D eigenvalue weighted by atomic mass is 9.33. The minimum atomic E-state index is -0.236. The minimum Gasteiger partial charge on any atom is -0.456 e. The number of aryl methyl sites for hydroxylation is 2. The third kappa shape index (κ3) is 6.41. The Morgan fingerprint density at radius 2 is 1.09 bits per heavy atom. The fourth-order valence-corrected chi connectivity index (χ4v) is 17.6. The molecule has 0 bridgehead atoms. The zero-order chi connectivity index (χ0) is 55.7. The van der Waals surface area contributed by atoms with Crippen molar-refractivity contribution in [3.05, 3.63) is 195 Å². The predicted octanol–water partition coefficient (Wildman–Crippen LogP) is 18.2. The highest BCUT2D eigenvalue weighted by Gasteiger charge is 2.58. The number of rotatable bonds is 3. The number of furan rings is 1. The molecular formula is C75H78BN3O. The molecule has 2 unspecified atom stereocenters. The van der Waals surface area contributed by atoms with Gasteiger partial charge in [0.25, 0.3) is 6.71 Å². The predicted molar refractivity (Wildman–Crippen MR) is 340 cm³/mol. The molecule has 3 aliphatic heterocycles. The van der Waals surface area contributed by atoms with E-state index in [9.17, 15) is 0 Å². The van der Waals surface area contributed by atoms with Crippen LogP contribution in [0, 0.1) is 13.8 Å². The van der Waals surface area contributed by atoms with Crippen molar-refractivity contribution in [2.24, 2.45) is 0 Å². The fourth-order valence-electron chi connectivity index (χ4n) is 17.6. The first-order chi connectivity index (χ1) is 37.8. The van der Waals surface area contributed by atoms with Gasteiger partial charge in [-0.05, 0) is 189 Å². The maximum Gasteiger partial charge on any atom is 0.252 e. The molecule has 1 saturated carbocycles. The Hall–Kier alpha value is -6.98. The Morgan fingerprint density at radius 1 is 0.475 bits per heavy atom. The van der Waals surface area contributed by atoms with Gasteiger partial charge in [-0.25, -0.2) is 0 Å². The van der Waals surface area contributed by atoms with Crippen LogP contribution >= 0.6 is 0 Å². The van der Waals surface area contributed by atoms with Crippen LogP contribution in [-0.4, -0.2) is 12.3 Å². The summed E-state index contributed by atoms with van der Waals surface area (Å²) in [4.78, 5) is 8.19. The van der Waals surface area contributed by atoms with Crippen LogP contribution < -0.4 is 31.1 Å². The van der Waals surface area contributed by atoms with Crippen molar-refractivity contribution in [3.63, 3.8) is 0 Å². The van der Waals surface area contributed by atoms with E-state index in [4.69, 9.17) is 4.42 Å². The molecule has 5 heteroatoms. The summed E-state index contributed by atoms with van der Waals surface area (Å²) in [6.45, 7) is 36.6. The van der Waals surface area contributed by atoms with Crippen LogP contribution in [0.2, 0.25) is 0 Å². The molecule has 15 rings (SSSR count). The van der Waals surface area contributed by atoms with E-state index in [-0.39, 0.29) is 44.7 Å². The van der Waals surface area contributed by atoms with E-state index in [0.29, 0.717) is 0 Å². The Labute approximate surface area is 476 Å². The van der Waals surface area contributed by atoms with Gasteiger partial charge in [0.1, 0.15) is 11.2 Å². The number of nitrogens with zero attached hydrogens (tertiary/aromatic N) is 3. The van der Waals surface area contributed by atoms with Crippen molar-refractivity contribution in [3.8, 4) is 0 Å². The van der Waals surface area contributed by atoms with Crippen molar-refractivity contribution >= 4 is 90.5 Å². The summed E-state index contributed by atoms with van der Waals surface area (Å²) in [5.41, 5.74) is 29.6. The molecule has 402 valence electrons. The molecule has 4 nitrogen and oxygen atoms in total. The van der Waals surface area contributed by atoms with Gasteiger partial charge in [0.05, 0.1) is 16.6 Å². The monoisotopic (exact) mass is 1050 g/mol. The molecule has 8 aromatic carbocycles. The van der Waals surface area contributed by atoms with Gasteiger partial charge in [-0.1, -0.05) is 175 Å². The number of hydrogen-bond donors (Lipinski definition) is 0. The lowest BCUT2D eigenvalue weighted by Crippen LogP contribution is -2.62. The molecule has 6 aliphatic rings. The molecule has 0 amide bonds. The van der Waals surface area contributed by atoms with Crippen molar-refractivity contribution in [2.45, 2.75) is 174 Å². The van der Waals surface area contributed by atoms with Crippen LogP contribution in [0.3, 0.4) is 0 Å². The van der Waals surface area contributed by atoms with E-state index in [1.807, 2.05) is 0 Å². The minimum absolute atomic E-state index is 0.0118. The standard InChI is InChI=1S/C75H78BN3O/c1-44-35-63-68-64(36-44)78(60-41-52-51(37-45(60)2)70(6,7)43-71(52,8)9)62-42-54-53(72(10,11)49-24-17-18-25-50(49)73(54,12)13)40-57(62)76(68)56-31-30-47(39-61(56)77(63)59-26-22-28-66-67(59)48-23-16-19-27-65(48)80-66)79-58-32-29-46(69(3,4)5)38-55(58)74(14)33-20-21-34-75(74,79)15/h16-19,22-32,35-42H,20-21,33-34,43H2,1-15H3. The molecule has 9 aromatic rings. The van der Waals surface area contributed by atoms with Crippen molar-refractivity contribution in [2.75, 3.05) is 14.7 Å². The van der Waals surface area contributed by atoms with E-state index in [2.05, 4.69) is 258 Å². The molecule has 0 N–H and O–H groups in total. The highest BCUT2D eigenvalue weighted by atomic mass is 16.3. The van der Waals surface area contributed by atoms with Gasteiger partial charge in [0.2, 0.25) is 0 Å². The molecule has 0 spiro atoms. The van der Waals surface area contributed by atoms with Gasteiger partial charge in [-0.15, -0.1) is 0 Å². The first kappa shape index (κ1) is 50.0. The Morgan fingerprint density at radius 3 is 1.80 bits per heavy atom. The zero-order valence-corrected chi connectivity index (χ0v) is 50.1. The van der Waals surface area contributed by atoms with E-state index in [0.717, 1.165) is 40.5 Å². The number of benzene rings is 8. The van der Waals surface area contributed by atoms with Crippen LogP contribution in [0.15, 0.2) is 144 Å². The SMILES string of the molecule is Cc1cc2c3c(c1)N(c1cccc4oc5ccccc5c14)c1cc(N4c5ccc(C(C)(C)C)cc5C5(C)CCCCC45C)ccc1B3c1cc3c(cc1N2c1cc2c(cc1C)C(C)(C)CC2(C)C)C(C)(C)c1ccccc1C3(C)C. The second-order valence-corrected chi connectivity index (χ2v) is 29.3. The van der Waals surface area contributed by atoms with Gasteiger partial charge in [-0.2, -0.15) is 0 Å². The molecule has 4 heterocycles. The maximum atomic E-state index is 6.80. The quantitative estimate of drug-likeness (QED) is 0.165. The molecule has 0 radical (unpaired) electrons. The maximum absolute atomic E-state index is 6.80. The molecular weight excluding hydrogens is 970 g/mol. The Balaban J connectivity index is 1.06. The molecule has 1 aromatic heterocycles. The van der Waals surface area contributed by atoms with Gasteiger partial charge >= 0.3 is 0 Å². The summed E-state index contributed by atoms with van der Waals surface area (Å²) in [7, 11) is 0. The second-order valence-electron chi connectivity index (χ2n) is 29.3. The number of hydrogen-bond acceptors (Lipinski definition) is 4. The normalized spacial score (nSPS) is 22.1. The van der Waals surface area contributed by atoms with E-state index < -0.39 is 0 Å². The van der Waals surface area contributed by atoms with Crippen LogP contribution in [0.25, 0.3) is 21.9 Å². The van der Waals surface area contributed by atoms with Crippen LogP contribution in [-0.2, 0) is 32.5 Å². The summed E-state index contributed by atoms with van der Waals surface area (Å²) in [5.74, 6) is 0. The van der Waals surface area contributed by atoms with Gasteiger partial charge < -0.3 is 19.1 Å². The highest BCUT2D eigenvalue weighted by molar-refractivity contribution is 7.00. The lowest BCUT2D eigenvalue weighted by Gasteiger charge is -2.51. The molecule has 0 saturated heterocycles. The highest BCUT2D eigenvalue weighted by Crippen LogP contribution is 2.62. The second kappa shape index (κ2) is 15.9. The van der Waals surface area contributed by atoms with Crippen molar-refractivity contribution in [1.29, 1.82) is 0 Å². The summed E-state index contributed by atoms with van der Waals surface area (Å²) < 4.78 is 6.80. The van der Waals surface area contributed by atoms with E-state index in [1.165, 1.54) is 131 Å². The fraction of sp³-hybridized carbons (Fsp3) is 0.360. The van der Waals surface area contributed by atoms with E-state index >= 15 is 0 Å². The number of fused-ring (bicyclic) bond motifs is 13. The average molecular weight is 1050 g/mol. The average Bonchev–Trinajstić information content (AvgIpc) is 3.29. The van der Waals surface area contributed by atoms with Crippen molar-refractivity contribution < 1.29 is 4.42 Å². The largest absolute Gasteiger partial charge is 0.456 e. The van der Waals surface area contributed by atoms with Gasteiger partial charge in [0.15, 0.2) is 0 Å². The van der Waals surface area contributed by atoms with Crippen LogP contribution in [0.1, 0.15) is 178 Å². The van der Waals surface area contributed by atoms with Crippen LogP contribution in [0.4, 0.5) is 45.5 Å². The third-order valence-electron chi connectivity index (χ3n) is 21.7. The first-order valence-electron chi connectivity index (χ1n) is 30.0. The van der Waals surface area contributed by atoms with Gasteiger partial charge in [0, 0.05) is 61.4 Å². The topological polar surface area (TPSA) is 22.9 Å². The Bertz CT molecular complexity index is 4200. The summed E-state index contributed by atoms with van der Waals surface area (Å²) in [6, 6.07) is 55.4. The Kier molecular flexibility index (Phi) is 9.96. The molecule has 80 heavy (non-hydrogen) atoms. The molecule has 2 atom stereocenters. The molecule has 1 fully saturated rings. The third-order valence-corrected chi connectivity index (χ3v) is 21.7. The van der Waals surface area contributed by atoms with Gasteiger partial charge in [-0.3, -0.25) is 0 Å². The summed E-state index contributed by atoms with van der Waals surface area (Å²) in [5, 5.41) is 2.28. The summed E-state index contributed by atoms with van der Waals surface area (Å²) >= 11 is 0. The number of para-hydroxylation sites is 1.